The van der Waals surface area contributed by atoms with Crippen LogP contribution >= 0.6 is 0 Å². The Bertz CT molecular complexity index is 619. The van der Waals surface area contributed by atoms with Crippen LogP contribution in [0.25, 0.3) is 0 Å². The molecule has 1 aliphatic rings. The zero-order valence-electron chi connectivity index (χ0n) is 16.6. The van der Waals surface area contributed by atoms with Crippen molar-refractivity contribution >= 4 is 5.96 Å². The highest BCUT2D eigenvalue weighted by Crippen LogP contribution is 2.28. The summed E-state index contributed by atoms with van der Waals surface area (Å²) in [4.78, 5) is 6.65. The second-order valence-corrected chi connectivity index (χ2v) is 7.04. The molecule has 1 saturated carbocycles. The minimum Gasteiger partial charge on any atom is -0.379 e. The minimum absolute atomic E-state index is 0.0740. The van der Waals surface area contributed by atoms with E-state index in [9.17, 15) is 13.2 Å². The fourth-order valence-electron chi connectivity index (χ4n) is 2.58. The van der Waals surface area contributed by atoms with E-state index in [1.54, 1.807) is 12.1 Å². The molecular weight excluding hydrogens is 371 g/mol. The van der Waals surface area contributed by atoms with E-state index in [1.165, 1.54) is 12.8 Å². The summed E-state index contributed by atoms with van der Waals surface area (Å²) >= 11 is 0. The Morgan fingerprint density at radius 2 is 2.00 bits per heavy atom. The van der Waals surface area contributed by atoms with Gasteiger partial charge in [-0.2, -0.15) is 13.2 Å². The highest BCUT2D eigenvalue weighted by Gasteiger charge is 2.27. The molecular formula is C20H30F3N3O2. The molecule has 1 aromatic carbocycles. The molecule has 0 saturated heterocycles. The molecule has 0 spiro atoms. The van der Waals surface area contributed by atoms with Gasteiger partial charge in [-0.05, 0) is 36.8 Å². The first kappa shape index (κ1) is 22.5. The van der Waals surface area contributed by atoms with E-state index >= 15 is 0 Å². The number of hydrogen-bond acceptors (Lipinski definition) is 3. The first-order chi connectivity index (χ1) is 13.4. The number of likely N-dealkylation sites (N-methyl/N-ethyl adjacent to an activating group) is 1. The van der Waals surface area contributed by atoms with Crippen LogP contribution in [-0.2, 0) is 22.6 Å². The predicted molar refractivity (Wildman–Crippen MR) is 103 cm³/mol. The number of benzene rings is 1. The van der Waals surface area contributed by atoms with E-state index in [1.807, 2.05) is 31.0 Å². The van der Waals surface area contributed by atoms with Gasteiger partial charge in [-0.3, -0.25) is 0 Å². The van der Waals surface area contributed by atoms with Gasteiger partial charge in [-0.15, -0.1) is 0 Å². The number of alkyl halides is 3. The molecule has 5 nitrogen and oxygen atoms in total. The number of rotatable bonds is 11. The van der Waals surface area contributed by atoms with E-state index in [2.05, 4.69) is 10.3 Å². The van der Waals surface area contributed by atoms with E-state index in [0.29, 0.717) is 18.7 Å². The Kier molecular flexibility index (Phi) is 9.05. The lowest BCUT2D eigenvalue weighted by Gasteiger charge is -2.22. The lowest BCUT2D eigenvalue weighted by Crippen LogP contribution is -2.40. The van der Waals surface area contributed by atoms with Crippen molar-refractivity contribution in [1.82, 2.24) is 10.2 Å². The lowest BCUT2D eigenvalue weighted by molar-refractivity contribution is -0.176. The summed E-state index contributed by atoms with van der Waals surface area (Å²) in [5.41, 5.74) is 1.62. The number of aliphatic imine (C=N–C) groups is 1. The lowest BCUT2D eigenvalue weighted by atomic mass is 10.1. The summed E-state index contributed by atoms with van der Waals surface area (Å²) in [6.45, 7) is 4.10. The third kappa shape index (κ3) is 9.41. The summed E-state index contributed by atoms with van der Waals surface area (Å²) in [6, 6.07) is 7.28. The molecule has 1 aliphatic carbocycles. The van der Waals surface area contributed by atoms with Gasteiger partial charge in [0.1, 0.15) is 6.61 Å². The van der Waals surface area contributed by atoms with Crippen LogP contribution < -0.4 is 5.32 Å². The van der Waals surface area contributed by atoms with Gasteiger partial charge in [0.05, 0.1) is 19.8 Å². The average Bonchev–Trinajstić information content (AvgIpc) is 3.46. The first-order valence-electron chi connectivity index (χ1n) is 9.67. The van der Waals surface area contributed by atoms with Crippen molar-refractivity contribution in [3.63, 3.8) is 0 Å². The Hall–Kier alpha value is -1.80. The molecule has 0 aromatic heterocycles. The van der Waals surface area contributed by atoms with Gasteiger partial charge < -0.3 is 19.7 Å². The van der Waals surface area contributed by atoms with Crippen molar-refractivity contribution in [2.45, 2.75) is 39.1 Å². The molecule has 0 aliphatic heterocycles. The monoisotopic (exact) mass is 401 g/mol. The van der Waals surface area contributed by atoms with Crippen LogP contribution in [0.2, 0.25) is 0 Å². The molecule has 1 fully saturated rings. The van der Waals surface area contributed by atoms with Crippen molar-refractivity contribution in [3.05, 3.63) is 35.4 Å². The Morgan fingerprint density at radius 1 is 1.25 bits per heavy atom. The quantitative estimate of drug-likeness (QED) is 0.350. The molecule has 0 radical (unpaired) electrons. The second kappa shape index (κ2) is 11.3. The fraction of sp³-hybridized carbons (Fsp3) is 0.650. The maximum Gasteiger partial charge on any atom is 0.411 e. The Labute approximate surface area is 164 Å². The minimum atomic E-state index is -4.31. The molecule has 2 rings (SSSR count). The highest BCUT2D eigenvalue weighted by molar-refractivity contribution is 5.79. The van der Waals surface area contributed by atoms with Gasteiger partial charge in [-0.1, -0.05) is 24.3 Å². The van der Waals surface area contributed by atoms with E-state index in [4.69, 9.17) is 9.47 Å². The van der Waals surface area contributed by atoms with Gasteiger partial charge in [0.15, 0.2) is 5.96 Å². The molecule has 1 N–H and O–H groups in total. The fourth-order valence-corrected chi connectivity index (χ4v) is 2.58. The number of hydrogen-bond donors (Lipinski definition) is 1. The molecule has 158 valence electrons. The van der Waals surface area contributed by atoms with Crippen molar-refractivity contribution in [2.75, 3.05) is 40.0 Å². The van der Waals surface area contributed by atoms with Gasteiger partial charge in [0.25, 0.3) is 0 Å². The van der Waals surface area contributed by atoms with Gasteiger partial charge in [0.2, 0.25) is 0 Å². The zero-order chi connectivity index (χ0) is 20.4. The van der Waals surface area contributed by atoms with Gasteiger partial charge in [0, 0.05) is 26.7 Å². The van der Waals surface area contributed by atoms with Crippen molar-refractivity contribution < 1.29 is 22.6 Å². The molecule has 1 aromatic rings. The summed E-state index contributed by atoms with van der Waals surface area (Å²) in [6.07, 6.45) is -1.75. The SMILES string of the molecule is CCNC(=NCc1cccc(COCC(F)(F)F)c1)N(C)CCOCC1CC1. The third-order valence-corrected chi connectivity index (χ3v) is 4.26. The van der Waals surface area contributed by atoms with Crippen LogP contribution in [0.3, 0.4) is 0 Å². The standard InChI is InChI=1S/C20H30F3N3O2/c1-3-24-19(26(2)9-10-27-13-16-7-8-16)25-12-17-5-4-6-18(11-17)14-28-15-20(21,22)23/h4-6,11,16H,3,7-10,12-15H2,1-2H3,(H,24,25). The first-order valence-corrected chi connectivity index (χ1v) is 9.67. The van der Waals surface area contributed by atoms with Crippen molar-refractivity contribution in [3.8, 4) is 0 Å². The van der Waals surface area contributed by atoms with Crippen LogP contribution in [0.1, 0.15) is 30.9 Å². The summed E-state index contributed by atoms with van der Waals surface area (Å²) in [5, 5.41) is 3.25. The Morgan fingerprint density at radius 3 is 2.68 bits per heavy atom. The van der Waals surface area contributed by atoms with E-state index in [-0.39, 0.29) is 6.61 Å². The molecule has 0 unspecified atom stereocenters. The normalized spacial score (nSPS) is 15.0. The molecule has 28 heavy (non-hydrogen) atoms. The van der Waals surface area contributed by atoms with Crippen LogP contribution in [0.15, 0.2) is 29.3 Å². The van der Waals surface area contributed by atoms with Crippen LogP contribution in [0, 0.1) is 5.92 Å². The topological polar surface area (TPSA) is 46.1 Å². The molecule has 0 amide bonds. The summed E-state index contributed by atoms with van der Waals surface area (Å²) in [5.74, 6) is 1.52. The Balaban J connectivity index is 1.83. The molecule has 0 atom stereocenters. The number of halogens is 3. The van der Waals surface area contributed by atoms with Crippen LogP contribution in [0.4, 0.5) is 13.2 Å². The van der Waals surface area contributed by atoms with Crippen molar-refractivity contribution in [2.24, 2.45) is 10.9 Å². The molecule has 0 bridgehead atoms. The number of nitrogens with zero attached hydrogens (tertiary/aromatic N) is 2. The van der Waals surface area contributed by atoms with Crippen molar-refractivity contribution in [1.29, 1.82) is 0 Å². The van der Waals surface area contributed by atoms with E-state index < -0.39 is 12.8 Å². The smallest absolute Gasteiger partial charge is 0.379 e. The number of nitrogens with one attached hydrogen (secondary N) is 1. The molecule has 8 heteroatoms. The highest BCUT2D eigenvalue weighted by atomic mass is 19.4. The van der Waals surface area contributed by atoms with E-state index in [0.717, 1.165) is 37.1 Å². The zero-order valence-corrected chi connectivity index (χ0v) is 16.6. The average molecular weight is 401 g/mol. The summed E-state index contributed by atoms with van der Waals surface area (Å²) < 4.78 is 47.0. The molecule has 0 heterocycles. The number of ether oxygens (including phenoxy) is 2. The largest absolute Gasteiger partial charge is 0.411 e. The maximum atomic E-state index is 12.2. The van der Waals surface area contributed by atoms with Gasteiger partial charge >= 0.3 is 6.18 Å². The second-order valence-electron chi connectivity index (χ2n) is 7.04. The predicted octanol–water partition coefficient (Wildman–Crippen LogP) is 3.59. The third-order valence-electron chi connectivity index (χ3n) is 4.26. The summed E-state index contributed by atoms with van der Waals surface area (Å²) in [7, 11) is 1.96. The number of guanidine groups is 1. The maximum absolute atomic E-state index is 12.2. The van der Waals surface area contributed by atoms with Gasteiger partial charge in [-0.25, -0.2) is 4.99 Å². The van der Waals surface area contributed by atoms with Crippen LogP contribution in [0.5, 0.6) is 0 Å². The van der Waals surface area contributed by atoms with Crippen LogP contribution in [-0.4, -0.2) is 57.0 Å².